The highest BCUT2D eigenvalue weighted by atomic mass is 16.7. The molecule has 12 nitrogen and oxygen atoms in total. The summed E-state index contributed by atoms with van der Waals surface area (Å²) in [4.78, 5) is 47.5. The van der Waals surface area contributed by atoms with E-state index in [4.69, 9.17) is 18.9 Å². The molecular formula is C35H62N4O8. The highest BCUT2D eigenvalue weighted by Crippen LogP contribution is 2.40. The maximum atomic E-state index is 14.3. The predicted molar refractivity (Wildman–Crippen MR) is 178 cm³/mol. The highest BCUT2D eigenvalue weighted by molar-refractivity contribution is 6.04. The summed E-state index contributed by atoms with van der Waals surface area (Å²) >= 11 is 0. The molecule has 1 spiro atoms. The average molecular weight is 667 g/mol. The van der Waals surface area contributed by atoms with Gasteiger partial charge in [0.15, 0.2) is 12.1 Å². The van der Waals surface area contributed by atoms with Gasteiger partial charge >= 0.3 is 5.97 Å². The normalized spacial score (nSPS) is 39.3. The Labute approximate surface area is 282 Å². The molecule has 4 aliphatic rings. The molecule has 47 heavy (non-hydrogen) atoms. The quantitative estimate of drug-likeness (QED) is 0.331. The molecule has 9 atom stereocenters. The third-order valence-corrected chi connectivity index (χ3v) is 11.6. The minimum Gasteiger partial charge on any atom is -0.463 e. The molecule has 4 saturated heterocycles. The highest BCUT2D eigenvalue weighted by Gasteiger charge is 2.52. The van der Waals surface area contributed by atoms with Crippen molar-refractivity contribution in [1.29, 1.82) is 0 Å². The van der Waals surface area contributed by atoms with Crippen molar-refractivity contribution in [2.45, 2.75) is 128 Å². The average Bonchev–Trinajstić information content (AvgIpc) is 3.57. The second-order valence-corrected chi connectivity index (χ2v) is 15.9. The molecule has 0 saturated carbocycles. The molecule has 270 valence electrons. The lowest BCUT2D eigenvalue weighted by Gasteiger charge is -2.49. The van der Waals surface area contributed by atoms with Gasteiger partial charge in [0.2, 0.25) is 5.91 Å². The van der Waals surface area contributed by atoms with Gasteiger partial charge in [-0.15, -0.1) is 0 Å². The number of esters is 1. The van der Waals surface area contributed by atoms with Crippen molar-refractivity contribution < 1.29 is 38.4 Å². The molecule has 0 aromatic heterocycles. The summed E-state index contributed by atoms with van der Waals surface area (Å²) in [5, 5.41) is 14.7. The maximum Gasteiger partial charge on any atom is 0.319 e. The number of rotatable bonds is 5. The van der Waals surface area contributed by atoms with E-state index < -0.39 is 46.9 Å². The molecular weight excluding hydrogens is 604 g/mol. The maximum absolute atomic E-state index is 14.3. The van der Waals surface area contributed by atoms with E-state index in [2.05, 4.69) is 24.2 Å². The van der Waals surface area contributed by atoms with E-state index in [1.807, 2.05) is 37.7 Å². The standard InChI is InChI=1S/C35H62N4O8/c1-22-19-34(6,44-10)29(47-31-27(40)26(37(7)8)18-23(2)46-31)24(3)28(41)33(4,5)32(43)45-21-35(38(9)20-22)13-16-39(17-14-35)30(42)25-12-11-15-36-25/h22-27,29,31,36,40H,11-21H2,1-10H3/t22-,23-,24+,25+,26+,27-,29-,31+,34-/m1/s1. The molecule has 0 aromatic carbocycles. The van der Waals surface area contributed by atoms with Gasteiger partial charge < -0.3 is 39.2 Å². The van der Waals surface area contributed by atoms with Crippen LogP contribution in [-0.2, 0) is 33.3 Å². The number of aliphatic hydroxyl groups is 1. The van der Waals surface area contributed by atoms with Crippen LogP contribution in [-0.4, -0.2) is 146 Å². The number of ether oxygens (including phenoxy) is 4. The summed E-state index contributed by atoms with van der Waals surface area (Å²) in [6, 6.07) is -0.308. The molecule has 0 radical (unpaired) electrons. The summed E-state index contributed by atoms with van der Waals surface area (Å²) in [6.07, 6.45) is 1.44. The van der Waals surface area contributed by atoms with Crippen molar-refractivity contribution >= 4 is 17.7 Å². The number of carbonyl (C=O) groups excluding carboxylic acids is 3. The van der Waals surface area contributed by atoms with Gasteiger partial charge in [-0.2, -0.15) is 0 Å². The van der Waals surface area contributed by atoms with Crippen LogP contribution >= 0.6 is 0 Å². The molecule has 4 aliphatic heterocycles. The Morgan fingerprint density at radius 1 is 1.11 bits per heavy atom. The van der Waals surface area contributed by atoms with E-state index in [-0.39, 0.29) is 42.4 Å². The van der Waals surface area contributed by atoms with Crippen molar-refractivity contribution in [3.63, 3.8) is 0 Å². The third-order valence-electron chi connectivity index (χ3n) is 11.6. The number of likely N-dealkylation sites (tertiary alicyclic amines) is 1. The zero-order valence-electron chi connectivity index (χ0n) is 30.5. The van der Waals surface area contributed by atoms with E-state index >= 15 is 0 Å². The Bertz CT molecular complexity index is 1110. The zero-order valence-corrected chi connectivity index (χ0v) is 30.5. The zero-order chi connectivity index (χ0) is 34.9. The predicted octanol–water partition coefficient (Wildman–Crippen LogP) is 2.06. The second-order valence-electron chi connectivity index (χ2n) is 15.9. The van der Waals surface area contributed by atoms with E-state index in [0.29, 0.717) is 45.3 Å². The van der Waals surface area contributed by atoms with E-state index in [0.717, 1.165) is 19.4 Å². The second kappa shape index (κ2) is 15.1. The first-order valence-corrected chi connectivity index (χ1v) is 17.6. The first-order chi connectivity index (χ1) is 22.0. The lowest BCUT2D eigenvalue weighted by molar-refractivity contribution is -0.295. The van der Waals surface area contributed by atoms with Gasteiger partial charge in [-0.3, -0.25) is 19.3 Å². The Morgan fingerprint density at radius 3 is 2.34 bits per heavy atom. The number of methoxy groups -OCH3 is 1. The summed E-state index contributed by atoms with van der Waals surface area (Å²) in [5.74, 6) is -1.46. The number of ketones is 1. The van der Waals surface area contributed by atoms with Crippen molar-refractivity contribution in [1.82, 2.24) is 20.0 Å². The summed E-state index contributed by atoms with van der Waals surface area (Å²) in [5.41, 5.74) is -2.91. The number of piperidine rings is 1. The molecule has 0 aliphatic carbocycles. The Balaban J connectivity index is 1.63. The lowest BCUT2D eigenvalue weighted by atomic mass is 9.74. The molecule has 4 rings (SSSR count). The van der Waals surface area contributed by atoms with Crippen LogP contribution in [0.3, 0.4) is 0 Å². The Hall–Kier alpha value is -1.67. The third kappa shape index (κ3) is 8.05. The van der Waals surface area contributed by atoms with E-state index in [9.17, 15) is 19.5 Å². The first kappa shape index (κ1) is 38.1. The SMILES string of the molecule is CO[C@]1(C)C[C@@H](C)CN(C)C2(CCN(C(=O)[C@@H]3CCCN3)CC2)COC(=O)C(C)(C)C(=O)[C@H](C)[C@H]1O[C@@H]1O[C@H](C)C[C@H](N(C)C)[C@H]1O. The van der Waals surface area contributed by atoms with Gasteiger partial charge in [0.05, 0.1) is 29.4 Å². The van der Waals surface area contributed by atoms with Gasteiger partial charge in [0.25, 0.3) is 0 Å². The number of likely N-dealkylation sites (N-methyl/N-ethyl adjacent to an activating group) is 2. The molecule has 12 heteroatoms. The fourth-order valence-corrected chi connectivity index (χ4v) is 8.41. The molecule has 0 unspecified atom stereocenters. The lowest BCUT2D eigenvalue weighted by Crippen LogP contribution is -2.60. The van der Waals surface area contributed by atoms with Gasteiger partial charge in [-0.05, 0) is 99.8 Å². The monoisotopic (exact) mass is 666 g/mol. The van der Waals surface area contributed by atoms with Gasteiger partial charge in [0.1, 0.15) is 18.1 Å². The van der Waals surface area contributed by atoms with Crippen molar-refractivity contribution in [2.24, 2.45) is 17.3 Å². The minimum absolute atomic E-state index is 0.0905. The smallest absolute Gasteiger partial charge is 0.319 e. The van der Waals surface area contributed by atoms with Crippen LogP contribution in [0.15, 0.2) is 0 Å². The summed E-state index contributed by atoms with van der Waals surface area (Å²) in [7, 11) is 7.52. The van der Waals surface area contributed by atoms with Crippen molar-refractivity contribution in [2.75, 3.05) is 61.0 Å². The summed E-state index contributed by atoms with van der Waals surface area (Å²) < 4.78 is 25.1. The number of nitrogens with one attached hydrogen (secondary N) is 1. The van der Waals surface area contributed by atoms with Crippen LogP contribution in [0.4, 0.5) is 0 Å². The van der Waals surface area contributed by atoms with Gasteiger partial charge in [-0.25, -0.2) is 0 Å². The number of hydrogen-bond acceptors (Lipinski definition) is 11. The molecule has 4 heterocycles. The topological polar surface area (TPSA) is 130 Å². The van der Waals surface area contributed by atoms with Crippen LogP contribution in [0.1, 0.15) is 80.1 Å². The van der Waals surface area contributed by atoms with Gasteiger partial charge in [-0.1, -0.05) is 13.8 Å². The fraction of sp³-hybridized carbons (Fsp3) is 0.914. The Morgan fingerprint density at radius 2 is 1.77 bits per heavy atom. The largest absolute Gasteiger partial charge is 0.463 e. The number of amides is 1. The number of carbonyl (C=O) groups is 3. The first-order valence-electron chi connectivity index (χ1n) is 17.6. The molecule has 4 fully saturated rings. The summed E-state index contributed by atoms with van der Waals surface area (Å²) in [6.45, 7) is 13.9. The van der Waals surface area contributed by atoms with Crippen molar-refractivity contribution in [3.8, 4) is 0 Å². The van der Waals surface area contributed by atoms with Crippen LogP contribution in [0.2, 0.25) is 0 Å². The van der Waals surface area contributed by atoms with Crippen molar-refractivity contribution in [3.05, 3.63) is 0 Å². The molecule has 0 aromatic rings. The van der Waals surface area contributed by atoms with Crippen LogP contribution in [0.5, 0.6) is 0 Å². The number of hydrogen-bond donors (Lipinski definition) is 2. The van der Waals surface area contributed by atoms with Crippen LogP contribution in [0, 0.1) is 17.3 Å². The van der Waals surface area contributed by atoms with E-state index in [1.165, 1.54) is 0 Å². The van der Waals surface area contributed by atoms with Crippen LogP contribution < -0.4 is 5.32 Å². The van der Waals surface area contributed by atoms with E-state index in [1.54, 1.807) is 27.9 Å². The molecule has 0 bridgehead atoms. The number of aliphatic hydroxyl groups excluding tert-OH is 1. The minimum atomic E-state index is -1.47. The molecule has 2 N–H and O–H groups in total. The van der Waals surface area contributed by atoms with Gasteiger partial charge in [0, 0.05) is 38.7 Å². The number of cyclic esters (lactones) is 1. The molecule has 1 amide bonds. The number of nitrogens with zero attached hydrogens (tertiary/aromatic N) is 3. The fourth-order valence-electron chi connectivity index (χ4n) is 8.41. The Kier molecular flexibility index (Phi) is 12.2. The van der Waals surface area contributed by atoms with Crippen LogP contribution in [0.25, 0.3) is 0 Å². The number of Topliss-reactive ketones (excluding diaryl/α,β-unsaturated/α-hetero) is 1.